The summed E-state index contributed by atoms with van der Waals surface area (Å²) in [6, 6.07) is 49.3. The van der Waals surface area contributed by atoms with Crippen LogP contribution in [0.4, 0.5) is 0 Å². The first kappa shape index (κ1) is 30.0. The van der Waals surface area contributed by atoms with Crippen molar-refractivity contribution in [3.8, 4) is 44.5 Å². The third kappa shape index (κ3) is 5.04. The van der Waals surface area contributed by atoms with Crippen molar-refractivity contribution >= 4 is 43.4 Å². The van der Waals surface area contributed by atoms with Crippen LogP contribution in [0.1, 0.15) is 22.3 Å². The van der Waals surface area contributed by atoms with Crippen LogP contribution in [0.2, 0.25) is 0 Å². The molecule has 0 unspecified atom stereocenters. The van der Waals surface area contributed by atoms with Crippen LogP contribution in [0.25, 0.3) is 87.9 Å². The van der Waals surface area contributed by atoms with Gasteiger partial charge in [-0.3, -0.25) is 9.97 Å². The predicted octanol–water partition coefficient (Wildman–Crippen LogP) is 13.0. The van der Waals surface area contributed by atoms with Gasteiger partial charge in [0.05, 0.1) is 11.0 Å². The maximum absolute atomic E-state index is 4.57. The minimum absolute atomic E-state index is 1.01. The van der Waals surface area contributed by atoms with E-state index in [4.69, 9.17) is 0 Å². The molecule has 9 rings (SSSR count). The van der Waals surface area contributed by atoms with Gasteiger partial charge in [-0.25, -0.2) is 0 Å². The molecule has 0 amide bonds. The Kier molecular flexibility index (Phi) is 7.07. The Morgan fingerprint density at radius 3 is 1.24 bits per heavy atom. The molecule has 0 N–H and O–H groups in total. The van der Waals surface area contributed by atoms with E-state index in [9.17, 15) is 0 Å². The molecule has 0 spiro atoms. The second-order valence-electron chi connectivity index (χ2n) is 13.7. The molecule has 0 atom stereocenters. The lowest BCUT2D eigenvalue weighted by atomic mass is 9.81. The maximum Gasteiger partial charge on any atom is 0.0702 e. The van der Waals surface area contributed by atoms with Gasteiger partial charge in [-0.05, 0) is 153 Å². The molecule has 9 aromatic rings. The van der Waals surface area contributed by atoms with E-state index >= 15 is 0 Å². The van der Waals surface area contributed by atoms with Crippen molar-refractivity contribution in [1.29, 1.82) is 0 Å². The average molecular weight is 641 g/mol. The van der Waals surface area contributed by atoms with Gasteiger partial charge in [0.1, 0.15) is 0 Å². The van der Waals surface area contributed by atoms with Crippen LogP contribution in [0, 0.1) is 27.7 Å². The van der Waals surface area contributed by atoms with Crippen LogP contribution in [0.5, 0.6) is 0 Å². The first-order valence-electron chi connectivity index (χ1n) is 17.3. The summed E-state index contributed by atoms with van der Waals surface area (Å²) in [6.45, 7) is 8.86. The van der Waals surface area contributed by atoms with Crippen LogP contribution < -0.4 is 0 Å². The summed E-state index contributed by atoms with van der Waals surface area (Å²) >= 11 is 0. The lowest BCUT2D eigenvalue weighted by molar-refractivity contribution is 1.40. The highest BCUT2D eigenvalue weighted by atomic mass is 14.6. The van der Waals surface area contributed by atoms with Gasteiger partial charge in [0.25, 0.3) is 0 Å². The zero-order chi connectivity index (χ0) is 33.9. The number of rotatable bonds is 4. The highest BCUT2D eigenvalue weighted by Crippen LogP contribution is 2.47. The SMILES string of the molecule is Cc1ccc(C)c(-c2c3ccc(-c4ccc5ncccc5c4)cc3c(-c3cc(C)ccc3C)c3ccc(-c4ccc5ncccc5c4)cc23)c1. The van der Waals surface area contributed by atoms with E-state index in [0.29, 0.717) is 0 Å². The van der Waals surface area contributed by atoms with Crippen LogP contribution in [-0.4, -0.2) is 9.97 Å². The molecule has 2 heterocycles. The molecule has 7 aromatic carbocycles. The number of fused-ring (bicyclic) bond motifs is 4. The van der Waals surface area contributed by atoms with E-state index in [2.05, 4.69) is 159 Å². The lowest BCUT2D eigenvalue weighted by Crippen LogP contribution is -1.96. The fraction of sp³-hybridized carbons (Fsp3) is 0.0833. The van der Waals surface area contributed by atoms with Crippen LogP contribution in [0.3, 0.4) is 0 Å². The molecular weight excluding hydrogens is 605 g/mol. The highest BCUT2D eigenvalue weighted by Gasteiger charge is 2.21. The topological polar surface area (TPSA) is 25.8 Å². The van der Waals surface area contributed by atoms with Gasteiger partial charge < -0.3 is 0 Å². The van der Waals surface area contributed by atoms with E-state index in [1.165, 1.54) is 88.3 Å². The standard InChI is InChI=1S/C48H36N2/c1-29-9-11-31(3)41(23-29)47-39-17-13-36(34-16-20-46-38(26-34)8-6-22-50-46)28-44(39)48(42-24-30(2)10-12-32(42)4)40-18-14-35(27-43(40)47)33-15-19-45-37(25-33)7-5-21-49-45/h5-28H,1-4H3. The third-order valence-electron chi connectivity index (χ3n) is 10.3. The molecule has 0 radical (unpaired) electrons. The fourth-order valence-corrected chi connectivity index (χ4v) is 7.69. The van der Waals surface area contributed by atoms with Crippen molar-refractivity contribution < 1.29 is 0 Å². The number of hydrogen-bond acceptors (Lipinski definition) is 2. The van der Waals surface area contributed by atoms with Crippen molar-refractivity contribution in [3.63, 3.8) is 0 Å². The van der Waals surface area contributed by atoms with Gasteiger partial charge >= 0.3 is 0 Å². The fourth-order valence-electron chi connectivity index (χ4n) is 7.69. The second kappa shape index (κ2) is 11.8. The van der Waals surface area contributed by atoms with E-state index < -0.39 is 0 Å². The summed E-state index contributed by atoms with van der Waals surface area (Å²) in [6.07, 6.45) is 3.72. The summed E-state index contributed by atoms with van der Waals surface area (Å²) in [5.41, 5.74) is 16.9. The molecule has 0 aliphatic rings. The summed E-state index contributed by atoms with van der Waals surface area (Å²) in [7, 11) is 0. The van der Waals surface area contributed by atoms with Crippen molar-refractivity contribution in [1.82, 2.24) is 9.97 Å². The summed E-state index contributed by atoms with van der Waals surface area (Å²) < 4.78 is 0. The monoisotopic (exact) mass is 640 g/mol. The molecule has 2 nitrogen and oxygen atoms in total. The molecule has 0 aliphatic heterocycles. The number of nitrogens with zero attached hydrogens (tertiary/aromatic N) is 2. The lowest BCUT2D eigenvalue weighted by Gasteiger charge is -2.22. The molecule has 0 fully saturated rings. The summed E-state index contributed by atoms with van der Waals surface area (Å²) in [5.74, 6) is 0. The Hall–Kier alpha value is -6.12. The van der Waals surface area contributed by atoms with Gasteiger partial charge in [-0.2, -0.15) is 0 Å². The predicted molar refractivity (Wildman–Crippen MR) is 213 cm³/mol. The normalized spacial score (nSPS) is 11.6. The highest BCUT2D eigenvalue weighted by molar-refractivity contribution is 6.23. The molecule has 50 heavy (non-hydrogen) atoms. The number of hydrogen-bond donors (Lipinski definition) is 0. The van der Waals surface area contributed by atoms with Crippen molar-refractivity contribution in [3.05, 3.63) is 168 Å². The first-order chi connectivity index (χ1) is 24.4. The van der Waals surface area contributed by atoms with Gasteiger partial charge in [-0.1, -0.05) is 96.1 Å². The van der Waals surface area contributed by atoms with Crippen molar-refractivity contribution in [2.45, 2.75) is 27.7 Å². The molecule has 0 saturated heterocycles. The minimum Gasteiger partial charge on any atom is -0.256 e. The van der Waals surface area contributed by atoms with E-state index in [1.807, 2.05) is 24.5 Å². The van der Waals surface area contributed by atoms with Crippen LogP contribution in [-0.2, 0) is 0 Å². The third-order valence-corrected chi connectivity index (χ3v) is 10.3. The van der Waals surface area contributed by atoms with Gasteiger partial charge in [0.15, 0.2) is 0 Å². The molecule has 238 valence electrons. The molecular formula is C48H36N2. The van der Waals surface area contributed by atoms with Gasteiger partial charge in [0.2, 0.25) is 0 Å². The van der Waals surface area contributed by atoms with Gasteiger partial charge in [0, 0.05) is 23.2 Å². The zero-order valence-electron chi connectivity index (χ0n) is 28.8. The molecule has 2 aromatic heterocycles. The van der Waals surface area contributed by atoms with E-state index in [-0.39, 0.29) is 0 Å². The summed E-state index contributed by atoms with van der Waals surface area (Å²) in [5, 5.41) is 7.32. The Morgan fingerprint density at radius 1 is 0.360 bits per heavy atom. The number of aryl methyl sites for hydroxylation is 4. The average Bonchev–Trinajstić information content (AvgIpc) is 3.15. The molecule has 0 aliphatic carbocycles. The largest absolute Gasteiger partial charge is 0.256 e. The Bertz CT molecular complexity index is 2610. The second-order valence-corrected chi connectivity index (χ2v) is 13.7. The van der Waals surface area contributed by atoms with Gasteiger partial charge in [-0.15, -0.1) is 0 Å². The Labute approximate surface area is 292 Å². The smallest absolute Gasteiger partial charge is 0.0702 e. The minimum atomic E-state index is 1.01. The number of aromatic nitrogens is 2. The van der Waals surface area contributed by atoms with E-state index in [1.54, 1.807) is 0 Å². The van der Waals surface area contributed by atoms with Crippen molar-refractivity contribution in [2.75, 3.05) is 0 Å². The quantitative estimate of drug-likeness (QED) is 0.179. The number of benzene rings is 7. The maximum atomic E-state index is 4.57. The first-order valence-corrected chi connectivity index (χ1v) is 17.3. The van der Waals surface area contributed by atoms with Crippen molar-refractivity contribution in [2.24, 2.45) is 0 Å². The summed E-state index contributed by atoms with van der Waals surface area (Å²) in [4.78, 5) is 9.15. The Morgan fingerprint density at radius 2 is 0.780 bits per heavy atom. The van der Waals surface area contributed by atoms with Crippen LogP contribution >= 0.6 is 0 Å². The van der Waals surface area contributed by atoms with E-state index in [0.717, 1.165) is 21.8 Å². The van der Waals surface area contributed by atoms with Crippen LogP contribution in [0.15, 0.2) is 146 Å². The number of pyridine rings is 2. The molecule has 2 heteroatoms. The molecule has 0 bridgehead atoms. The zero-order valence-corrected chi connectivity index (χ0v) is 28.8. The Balaban J connectivity index is 1.41. The molecule has 0 saturated carbocycles.